The third kappa shape index (κ3) is 11.7. The number of nitrogens with one attached hydrogen (secondary N) is 1. The van der Waals surface area contributed by atoms with E-state index in [1.165, 1.54) is 0 Å². The molecule has 7 atom stereocenters. The summed E-state index contributed by atoms with van der Waals surface area (Å²) in [5.41, 5.74) is 1.43. The van der Waals surface area contributed by atoms with Crippen LogP contribution in [-0.2, 0) is 41.3 Å². The molecule has 57 heavy (non-hydrogen) atoms. The van der Waals surface area contributed by atoms with Gasteiger partial charge in [-0.1, -0.05) is 162 Å². The molecule has 0 bridgehead atoms. The van der Waals surface area contributed by atoms with Crippen molar-refractivity contribution in [2.24, 2.45) is 11.8 Å². The third-order valence-corrected chi connectivity index (χ3v) is 15.7. The van der Waals surface area contributed by atoms with Crippen molar-refractivity contribution in [1.29, 1.82) is 0 Å². The van der Waals surface area contributed by atoms with E-state index in [9.17, 15) is 4.79 Å². The molecule has 1 amide bonds. The molecule has 1 aliphatic heterocycles. The first-order chi connectivity index (χ1) is 27.2. The second kappa shape index (κ2) is 20.1. The molecule has 1 N–H and O–H groups in total. The molecule has 0 aromatic heterocycles. The van der Waals surface area contributed by atoms with Crippen molar-refractivity contribution in [1.82, 2.24) is 5.32 Å². The number of carbonyl (C=O) groups is 1. The van der Waals surface area contributed by atoms with Gasteiger partial charge in [-0.05, 0) is 59.1 Å². The Morgan fingerprint density at radius 1 is 0.754 bits per heavy atom. The summed E-state index contributed by atoms with van der Waals surface area (Å²) in [4.78, 5) is 13.6. The molecule has 1 heterocycles. The van der Waals surface area contributed by atoms with Gasteiger partial charge in [0.25, 0.3) is 8.32 Å². The minimum atomic E-state index is -3.09. The number of ether oxygens (including phenoxy) is 5. The molecule has 4 aromatic carbocycles. The molecular formula is C48H63NO7Si. The average molecular weight is 794 g/mol. The van der Waals surface area contributed by atoms with Crippen molar-refractivity contribution in [3.8, 4) is 0 Å². The maximum absolute atomic E-state index is 13.6. The Morgan fingerprint density at radius 2 is 1.26 bits per heavy atom. The molecule has 1 saturated heterocycles. The average Bonchev–Trinajstić information content (AvgIpc) is 3.19. The largest absolute Gasteiger partial charge is 0.444 e. The van der Waals surface area contributed by atoms with Gasteiger partial charge in [0, 0.05) is 0 Å². The smallest absolute Gasteiger partial charge is 0.408 e. The highest BCUT2D eigenvalue weighted by Gasteiger charge is 2.52. The predicted octanol–water partition coefficient (Wildman–Crippen LogP) is 8.83. The number of hydrogen-bond acceptors (Lipinski definition) is 7. The topological polar surface area (TPSA) is 84.5 Å². The minimum Gasteiger partial charge on any atom is -0.444 e. The van der Waals surface area contributed by atoms with E-state index >= 15 is 0 Å². The fourth-order valence-electron chi connectivity index (χ4n) is 7.51. The van der Waals surface area contributed by atoms with Crippen LogP contribution in [0.5, 0.6) is 0 Å². The van der Waals surface area contributed by atoms with Crippen molar-refractivity contribution in [2.45, 2.75) is 110 Å². The van der Waals surface area contributed by atoms with Crippen LogP contribution in [0.4, 0.5) is 4.79 Å². The molecule has 0 aliphatic carbocycles. The normalized spacial score (nSPS) is 21.3. The summed E-state index contributed by atoms with van der Waals surface area (Å²) in [6.45, 7) is 22.1. The van der Waals surface area contributed by atoms with E-state index in [1.54, 1.807) is 6.08 Å². The predicted molar refractivity (Wildman–Crippen MR) is 230 cm³/mol. The Hall–Kier alpha value is -4.09. The highest BCUT2D eigenvalue weighted by atomic mass is 28.4. The van der Waals surface area contributed by atoms with Gasteiger partial charge in [-0.3, -0.25) is 0 Å². The van der Waals surface area contributed by atoms with Gasteiger partial charge in [-0.15, -0.1) is 6.58 Å². The summed E-state index contributed by atoms with van der Waals surface area (Å²) >= 11 is 0. The Bertz CT molecular complexity index is 1760. The minimum absolute atomic E-state index is 0.0304. The van der Waals surface area contributed by atoms with Crippen molar-refractivity contribution in [2.75, 3.05) is 13.2 Å². The lowest BCUT2D eigenvalue weighted by molar-refractivity contribution is -0.291. The van der Waals surface area contributed by atoms with Gasteiger partial charge in [0.2, 0.25) is 0 Å². The molecule has 9 heteroatoms. The van der Waals surface area contributed by atoms with Crippen molar-refractivity contribution in [3.05, 3.63) is 145 Å². The van der Waals surface area contributed by atoms with Crippen LogP contribution < -0.4 is 15.7 Å². The molecule has 4 aromatic rings. The molecule has 1 fully saturated rings. The summed E-state index contributed by atoms with van der Waals surface area (Å²) in [5.74, 6) is 0.162. The molecule has 2 unspecified atom stereocenters. The van der Waals surface area contributed by atoms with Crippen LogP contribution in [-0.4, -0.2) is 63.9 Å². The summed E-state index contributed by atoms with van der Waals surface area (Å²) in [6.07, 6.45) is -0.937. The molecule has 0 radical (unpaired) electrons. The number of alkyl carbamates (subject to hydrolysis) is 1. The van der Waals surface area contributed by atoms with Crippen LogP contribution >= 0.6 is 0 Å². The molecule has 8 nitrogen and oxygen atoms in total. The van der Waals surface area contributed by atoms with Gasteiger partial charge in [0.15, 0.2) is 6.29 Å². The highest BCUT2D eigenvalue weighted by molar-refractivity contribution is 6.99. The van der Waals surface area contributed by atoms with E-state index < -0.39 is 44.6 Å². The van der Waals surface area contributed by atoms with Crippen molar-refractivity contribution >= 4 is 24.8 Å². The van der Waals surface area contributed by atoms with Gasteiger partial charge >= 0.3 is 6.09 Å². The first-order valence-electron chi connectivity index (χ1n) is 20.2. The van der Waals surface area contributed by atoms with Gasteiger partial charge < -0.3 is 33.4 Å². The van der Waals surface area contributed by atoms with Crippen LogP contribution in [0.15, 0.2) is 134 Å². The highest BCUT2D eigenvalue weighted by Crippen LogP contribution is 2.39. The van der Waals surface area contributed by atoms with Crippen LogP contribution in [0.2, 0.25) is 5.04 Å². The zero-order chi connectivity index (χ0) is 41.1. The zero-order valence-corrected chi connectivity index (χ0v) is 36.1. The van der Waals surface area contributed by atoms with E-state index in [-0.39, 0.29) is 29.6 Å². The van der Waals surface area contributed by atoms with Crippen LogP contribution in [0, 0.1) is 11.8 Å². The quantitative estimate of drug-likeness (QED) is 0.0846. The maximum atomic E-state index is 13.6. The molecular weight excluding hydrogens is 731 g/mol. The molecule has 0 spiro atoms. The monoisotopic (exact) mass is 793 g/mol. The van der Waals surface area contributed by atoms with E-state index in [4.69, 9.17) is 28.1 Å². The fraction of sp³-hybridized carbons (Fsp3) is 0.438. The molecule has 5 rings (SSSR count). The standard InChI is InChI=1S/C48H63NO7Si/c1-10-42(56-57(48(7,8)9,39-27-19-13-20-28-39)40-29-21-14-22-30-40)41(49-46(50)55-47(4,5)6)33-53-45-44(52-32-38-25-17-12-18-26-38)36(3)35(2)43(54-45)34-51-31-37-23-15-11-16-24-37/h10-30,35-36,41-45H,1,31-34H2,2-9H3,(H,49,50)/t35-,36+,41+,42-,43?,44?,45+/m1/s1. The maximum Gasteiger partial charge on any atom is 0.408 e. The van der Waals surface area contributed by atoms with Crippen molar-refractivity contribution in [3.63, 3.8) is 0 Å². The molecule has 0 saturated carbocycles. The number of benzene rings is 4. The van der Waals surface area contributed by atoms with Crippen LogP contribution in [0.3, 0.4) is 0 Å². The Morgan fingerprint density at radius 3 is 1.75 bits per heavy atom. The van der Waals surface area contributed by atoms with Crippen LogP contribution in [0.1, 0.15) is 66.5 Å². The lowest BCUT2D eigenvalue weighted by Gasteiger charge is -2.46. The molecule has 306 valence electrons. The summed E-state index contributed by atoms with van der Waals surface area (Å²) < 4.78 is 39.8. The molecule has 1 aliphatic rings. The lowest BCUT2D eigenvalue weighted by atomic mass is 9.83. The number of hydrogen-bond donors (Lipinski definition) is 1. The van der Waals surface area contributed by atoms with Crippen LogP contribution in [0.25, 0.3) is 0 Å². The van der Waals surface area contributed by atoms with Gasteiger partial charge in [-0.25, -0.2) is 4.79 Å². The van der Waals surface area contributed by atoms with E-state index in [2.05, 4.69) is 107 Å². The first-order valence-corrected chi connectivity index (χ1v) is 22.1. The van der Waals surface area contributed by atoms with Gasteiger partial charge in [-0.2, -0.15) is 0 Å². The Balaban J connectivity index is 1.47. The number of amides is 1. The Labute approximate surface area is 342 Å². The second-order valence-electron chi connectivity index (χ2n) is 17.1. The summed E-state index contributed by atoms with van der Waals surface area (Å²) in [5, 5.41) is 5.01. The fourth-order valence-corrected chi connectivity index (χ4v) is 12.2. The van der Waals surface area contributed by atoms with Gasteiger partial charge in [0.05, 0.1) is 44.7 Å². The van der Waals surface area contributed by atoms with E-state index in [1.807, 2.05) is 81.4 Å². The third-order valence-electron chi connectivity index (χ3n) is 10.7. The second-order valence-corrected chi connectivity index (χ2v) is 21.3. The van der Waals surface area contributed by atoms with Gasteiger partial charge in [0.1, 0.15) is 11.7 Å². The first kappa shape index (κ1) is 44.0. The van der Waals surface area contributed by atoms with E-state index in [0.717, 1.165) is 21.5 Å². The Kier molecular flexibility index (Phi) is 15.5. The van der Waals surface area contributed by atoms with E-state index in [0.29, 0.717) is 19.8 Å². The van der Waals surface area contributed by atoms with Crippen molar-refractivity contribution < 1.29 is 32.9 Å². The number of carbonyl (C=O) groups excluding carboxylic acids is 1. The zero-order valence-electron chi connectivity index (χ0n) is 35.1. The SMILES string of the molecule is C=C[C@@H](O[Si](c1ccccc1)(c1ccccc1)C(C)(C)C)[C@H](CO[C@H]1OC(COCc2ccccc2)[C@H](C)[C@H](C)C1OCc1ccccc1)NC(=O)OC(C)(C)C. The summed E-state index contributed by atoms with van der Waals surface area (Å²) in [6, 6.07) is 40.3. The number of rotatable bonds is 17. The lowest BCUT2D eigenvalue weighted by Crippen LogP contribution is -2.69. The summed E-state index contributed by atoms with van der Waals surface area (Å²) in [7, 11) is -3.09.